The molecule has 1 amide bonds. The Morgan fingerprint density at radius 2 is 2.24 bits per heavy atom. The SMILES string of the molecule is CCOC(=O)Cc1csc(NC(=O)c2ccc(Cl)cn2)n1. The standard InChI is InChI=1S/C13H12ClN3O3S/c1-2-20-11(18)5-9-7-21-13(16-9)17-12(19)10-4-3-8(14)6-15-10/h3-4,6-7H,2,5H2,1H3,(H,16,17,19). The summed E-state index contributed by atoms with van der Waals surface area (Å²) in [6.45, 7) is 2.07. The summed E-state index contributed by atoms with van der Waals surface area (Å²) in [6.07, 6.45) is 1.48. The molecule has 0 aliphatic rings. The molecule has 0 radical (unpaired) electrons. The molecule has 0 aliphatic carbocycles. The van der Waals surface area contributed by atoms with E-state index in [1.54, 1.807) is 18.4 Å². The predicted molar refractivity (Wildman–Crippen MR) is 79.7 cm³/mol. The summed E-state index contributed by atoms with van der Waals surface area (Å²) in [5.41, 5.74) is 0.791. The topological polar surface area (TPSA) is 81.2 Å². The summed E-state index contributed by atoms with van der Waals surface area (Å²) in [4.78, 5) is 31.3. The second-order valence-electron chi connectivity index (χ2n) is 3.94. The number of anilines is 1. The molecule has 0 atom stereocenters. The molecule has 0 bridgehead atoms. The number of pyridine rings is 1. The molecule has 110 valence electrons. The van der Waals surface area contributed by atoms with E-state index < -0.39 is 0 Å². The number of rotatable bonds is 5. The average molecular weight is 326 g/mol. The van der Waals surface area contributed by atoms with Gasteiger partial charge in [-0.3, -0.25) is 14.9 Å². The molecule has 0 saturated heterocycles. The number of halogens is 1. The lowest BCUT2D eigenvalue weighted by atomic mass is 10.3. The second kappa shape index (κ2) is 7.14. The summed E-state index contributed by atoms with van der Waals surface area (Å²) in [7, 11) is 0. The van der Waals surface area contributed by atoms with Gasteiger partial charge in [0, 0.05) is 11.6 Å². The van der Waals surface area contributed by atoms with E-state index in [9.17, 15) is 9.59 Å². The van der Waals surface area contributed by atoms with Crippen LogP contribution < -0.4 is 5.32 Å². The number of thiazole rings is 1. The monoisotopic (exact) mass is 325 g/mol. The van der Waals surface area contributed by atoms with Gasteiger partial charge in [0.25, 0.3) is 5.91 Å². The maximum atomic E-state index is 11.9. The molecule has 0 fully saturated rings. The molecule has 0 saturated carbocycles. The van der Waals surface area contributed by atoms with Gasteiger partial charge in [-0.05, 0) is 19.1 Å². The third-order valence-electron chi connectivity index (χ3n) is 2.36. The van der Waals surface area contributed by atoms with Gasteiger partial charge in [0.1, 0.15) is 5.69 Å². The minimum Gasteiger partial charge on any atom is -0.466 e. The summed E-state index contributed by atoms with van der Waals surface area (Å²) in [5.74, 6) is -0.733. The van der Waals surface area contributed by atoms with Gasteiger partial charge in [0.05, 0.1) is 23.7 Å². The smallest absolute Gasteiger partial charge is 0.311 e. The van der Waals surface area contributed by atoms with Crippen LogP contribution in [0.25, 0.3) is 0 Å². The Hall–Kier alpha value is -1.99. The van der Waals surface area contributed by atoms with Gasteiger partial charge in [-0.2, -0.15) is 0 Å². The van der Waals surface area contributed by atoms with Crippen molar-refractivity contribution in [3.63, 3.8) is 0 Å². The van der Waals surface area contributed by atoms with E-state index in [1.165, 1.54) is 23.6 Å². The molecule has 0 unspecified atom stereocenters. The van der Waals surface area contributed by atoms with Gasteiger partial charge >= 0.3 is 5.97 Å². The number of carbonyl (C=O) groups is 2. The molecule has 0 aromatic carbocycles. The van der Waals surface area contributed by atoms with Gasteiger partial charge in [0.2, 0.25) is 0 Å². The van der Waals surface area contributed by atoms with Crippen LogP contribution in [0.3, 0.4) is 0 Å². The van der Waals surface area contributed by atoms with Crippen LogP contribution in [-0.4, -0.2) is 28.5 Å². The highest BCUT2D eigenvalue weighted by atomic mass is 35.5. The lowest BCUT2D eigenvalue weighted by Gasteiger charge is -2.01. The number of nitrogens with one attached hydrogen (secondary N) is 1. The molecule has 0 spiro atoms. The van der Waals surface area contributed by atoms with Crippen molar-refractivity contribution in [2.45, 2.75) is 13.3 Å². The van der Waals surface area contributed by atoms with Crippen molar-refractivity contribution in [1.82, 2.24) is 9.97 Å². The summed E-state index contributed by atoms with van der Waals surface area (Å²) in [5, 5.41) is 5.17. The quantitative estimate of drug-likeness (QED) is 0.854. The first-order chi connectivity index (χ1) is 10.1. The predicted octanol–water partition coefficient (Wildman–Crippen LogP) is 2.55. The lowest BCUT2D eigenvalue weighted by Crippen LogP contribution is -2.13. The number of hydrogen-bond donors (Lipinski definition) is 1. The Morgan fingerprint density at radius 3 is 2.90 bits per heavy atom. The minimum atomic E-state index is -0.385. The van der Waals surface area contributed by atoms with Gasteiger partial charge in [-0.15, -0.1) is 11.3 Å². The van der Waals surface area contributed by atoms with Gasteiger partial charge in [0.15, 0.2) is 5.13 Å². The van der Waals surface area contributed by atoms with Crippen molar-refractivity contribution in [2.75, 3.05) is 11.9 Å². The van der Waals surface area contributed by atoms with Crippen molar-refractivity contribution in [3.8, 4) is 0 Å². The second-order valence-corrected chi connectivity index (χ2v) is 5.24. The normalized spacial score (nSPS) is 10.2. The van der Waals surface area contributed by atoms with Crippen LogP contribution in [0, 0.1) is 0 Å². The molecule has 2 aromatic heterocycles. The summed E-state index contributed by atoms with van der Waals surface area (Å²) < 4.78 is 4.83. The summed E-state index contributed by atoms with van der Waals surface area (Å²) >= 11 is 6.94. The molecule has 8 heteroatoms. The minimum absolute atomic E-state index is 0.0827. The Bertz CT molecular complexity index is 642. The Kier molecular flexibility index (Phi) is 5.24. The first-order valence-corrected chi connectivity index (χ1v) is 7.37. The molecular weight excluding hydrogens is 314 g/mol. The zero-order chi connectivity index (χ0) is 15.2. The van der Waals surface area contributed by atoms with E-state index in [2.05, 4.69) is 15.3 Å². The Morgan fingerprint density at radius 1 is 1.43 bits per heavy atom. The van der Waals surface area contributed by atoms with Crippen LogP contribution in [0.4, 0.5) is 5.13 Å². The highest BCUT2D eigenvalue weighted by molar-refractivity contribution is 7.14. The highest BCUT2D eigenvalue weighted by Gasteiger charge is 2.12. The molecule has 21 heavy (non-hydrogen) atoms. The fourth-order valence-electron chi connectivity index (χ4n) is 1.48. The highest BCUT2D eigenvalue weighted by Crippen LogP contribution is 2.17. The molecule has 2 rings (SSSR count). The van der Waals surface area contributed by atoms with Crippen molar-refractivity contribution in [1.29, 1.82) is 0 Å². The first kappa shape index (κ1) is 15.4. The Balaban J connectivity index is 1.97. The fraction of sp³-hybridized carbons (Fsp3) is 0.231. The zero-order valence-corrected chi connectivity index (χ0v) is 12.7. The van der Waals surface area contributed by atoms with E-state index in [1.807, 2.05) is 0 Å². The third kappa shape index (κ3) is 4.51. The van der Waals surface area contributed by atoms with Crippen molar-refractivity contribution < 1.29 is 14.3 Å². The van der Waals surface area contributed by atoms with Crippen molar-refractivity contribution in [3.05, 3.63) is 40.1 Å². The molecule has 2 aromatic rings. The molecular formula is C13H12ClN3O3S. The number of hydrogen-bond acceptors (Lipinski definition) is 6. The van der Waals surface area contributed by atoms with E-state index in [4.69, 9.17) is 16.3 Å². The van der Waals surface area contributed by atoms with E-state index in [-0.39, 0.29) is 24.0 Å². The van der Waals surface area contributed by atoms with Crippen LogP contribution in [0.15, 0.2) is 23.7 Å². The van der Waals surface area contributed by atoms with Gasteiger partial charge in [-0.25, -0.2) is 9.97 Å². The number of nitrogens with zero attached hydrogens (tertiary/aromatic N) is 2. The van der Waals surface area contributed by atoms with Crippen LogP contribution >= 0.6 is 22.9 Å². The third-order valence-corrected chi connectivity index (χ3v) is 3.39. The number of amides is 1. The zero-order valence-electron chi connectivity index (χ0n) is 11.1. The lowest BCUT2D eigenvalue weighted by molar-refractivity contribution is -0.142. The Labute approximate surface area is 130 Å². The number of ether oxygens (including phenoxy) is 1. The molecule has 0 aliphatic heterocycles. The number of carbonyl (C=O) groups excluding carboxylic acids is 2. The number of esters is 1. The van der Waals surface area contributed by atoms with E-state index in [0.717, 1.165) is 0 Å². The van der Waals surface area contributed by atoms with Crippen LogP contribution in [0.5, 0.6) is 0 Å². The van der Waals surface area contributed by atoms with Crippen molar-refractivity contribution in [2.24, 2.45) is 0 Å². The van der Waals surface area contributed by atoms with Gasteiger partial charge < -0.3 is 4.74 Å². The molecule has 2 heterocycles. The fourth-order valence-corrected chi connectivity index (χ4v) is 2.29. The van der Waals surface area contributed by atoms with Crippen LogP contribution in [-0.2, 0) is 16.0 Å². The largest absolute Gasteiger partial charge is 0.466 e. The average Bonchev–Trinajstić information content (AvgIpc) is 2.86. The van der Waals surface area contributed by atoms with Gasteiger partial charge in [-0.1, -0.05) is 11.6 Å². The first-order valence-electron chi connectivity index (χ1n) is 6.11. The van der Waals surface area contributed by atoms with Crippen LogP contribution in [0.1, 0.15) is 23.1 Å². The molecule has 1 N–H and O–H groups in total. The summed E-state index contributed by atoms with van der Waals surface area (Å²) in [6, 6.07) is 3.10. The number of aromatic nitrogens is 2. The van der Waals surface area contributed by atoms with E-state index in [0.29, 0.717) is 22.5 Å². The van der Waals surface area contributed by atoms with Crippen molar-refractivity contribution >= 4 is 39.9 Å². The maximum Gasteiger partial charge on any atom is 0.311 e. The van der Waals surface area contributed by atoms with E-state index >= 15 is 0 Å². The molecule has 6 nitrogen and oxygen atoms in total. The maximum absolute atomic E-state index is 11.9. The van der Waals surface area contributed by atoms with Crippen LogP contribution in [0.2, 0.25) is 5.02 Å².